The van der Waals surface area contributed by atoms with Gasteiger partial charge in [0.05, 0.1) is 0 Å². The van der Waals surface area contributed by atoms with Crippen LogP contribution in [0, 0.1) is 17.7 Å². The monoisotopic (exact) mass is 592 g/mol. The van der Waals surface area contributed by atoms with Crippen molar-refractivity contribution < 1.29 is 28.9 Å². The van der Waals surface area contributed by atoms with Gasteiger partial charge in [0.25, 0.3) is 0 Å². The third-order valence-corrected chi connectivity index (χ3v) is 4.11. The van der Waals surface area contributed by atoms with Gasteiger partial charge in [-0.25, -0.2) is 0 Å². The van der Waals surface area contributed by atoms with Gasteiger partial charge >= 0.3 is 0 Å². The Kier molecular flexibility index (Phi) is 7.54. The normalized spacial score (nSPS) is 10.0. The molecule has 0 aliphatic rings. The van der Waals surface area contributed by atoms with Crippen LogP contribution in [0.1, 0.15) is 0 Å². The quantitative estimate of drug-likeness (QED) is 0.285. The van der Waals surface area contributed by atoms with E-state index >= 15 is 0 Å². The molecule has 8 heteroatoms. The summed E-state index contributed by atoms with van der Waals surface area (Å²) in [5.74, 6) is -1.32. The average molecular weight is 592 g/mol. The van der Waals surface area contributed by atoms with E-state index in [0.717, 1.165) is 34.8 Å². The first-order valence-electron chi connectivity index (χ1n) is 9.05. The van der Waals surface area contributed by atoms with Crippen molar-refractivity contribution in [2.45, 2.75) is 0 Å². The fraction of sp³-hybridized carbons (Fsp3) is 0. The summed E-state index contributed by atoms with van der Waals surface area (Å²) >= 11 is 0. The van der Waals surface area contributed by atoms with Crippen LogP contribution < -0.4 is 5.10 Å². The van der Waals surface area contributed by atoms with E-state index in [0.29, 0.717) is 0 Å². The van der Waals surface area contributed by atoms with Gasteiger partial charge in [0, 0.05) is 61.7 Å². The molecule has 0 N–H and O–H groups in total. The number of halogens is 2. The third-order valence-electron chi connectivity index (χ3n) is 4.11. The Hall–Kier alpha value is -3.48. The summed E-state index contributed by atoms with van der Waals surface area (Å²) < 4.78 is 26.9. The molecule has 1 radical (unpaired) electrons. The van der Waals surface area contributed by atoms with E-state index < -0.39 is 11.6 Å². The molecule has 0 spiro atoms. The zero-order chi connectivity index (χ0) is 20.8. The molecule has 5 rings (SSSR count). The Morgan fingerprint density at radius 3 is 2.35 bits per heavy atom. The molecular weight excluding hydrogens is 577 g/mol. The number of pyridine rings is 1. The molecule has 157 valence electrons. The van der Waals surface area contributed by atoms with Gasteiger partial charge in [-0.1, -0.05) is 42.1 Å². The number of nitrogens with zero attached hydrogens (tertiary/aromatic N) is 5. The minimum absolute atomic E-state index is 0. The van der Waals surface area contributed by atoms with E-state index in [9.17, 15) is 8.78 Å². The molecule has 2 aromatic carbocycles. The maximum atomic E-state index is 13.1. The summed E-state index contributed by atoms with van der Waals surface area (Å²) in [5.41, 5.74) is 3.73. The zero-order valence-corrected chi connectivity index (χ0v) is 18.4. The summed E-state index contributed by atoms with van der Waals surface area (Å²) in [7, 11) is 0. The number of rotatable bonds is 3. The number of aromatic nitrogens is 5. The molecule has 5 nitrogen and oxygen atoms in total. The SMILES string of the molecule is Fc1c[c-]c(-n2cccn2)c(F)c1.[Ir].c1ccc(-c2cc(-c3ccccn3)[n-]n2)cc1. The van der Waals surface area contributed by atoms with E-state index in [1.54, 1.807) is 18.5 Å². The minimum atomic E-state index is -0.677. The number of benzene rings is 2. The second-order valence-electron chi connectivity index (χ2n) is 6.16. The topological polar surface area (TPSA) is 57.7 Å². The second kappa shape index (κ2) is 10.5. The van der Waals surface area contributed by atoms with Crippen LogP contribution >= 0.6 is 0 Å². The van der Waals surface area contributed by atoms with Gasteiger partial charge in [0.15, 0.2) is 0 Å². The van der Waals surface area contributed by atoms with E-state index in [1.165, 1.54) is 10.9 Å². The third kappa shape index (κ3) is 5.57. The van der Waals surface area contributed by atoms with Crippen LogP contribution in [-0.4, -0.2) is 19.9 Å². The van der Waals surface area contributed by atoms with Crippen LogP contribution in [0.15, 0.2) is 91.4 Å². The Morgan fingerprint density at radius 2 is 1.68 bits per heavy atom. The summed E-state index contributed by atoms with van der Waals surface area (Å²) in [5, 5.41) is 12.1. The van der Waals surface area contributed by atoms with E-state index in [2.05, 4.69) is 26.3 Å². The molecule has 0 unspecified atom stereocenters. The summed E-state index contributed by atoms with van der Waals surface area (Å²) in [4.78, 5) is 4.25. The van der Waals surface area contributed by atoms with Crippen molar-refractivity contribution in [3.8, 4) is 28.3 Å². The molecule has 3 heterocycles. The van der Waals surface area contributed by atoms with E-state index in [1.807, 2.05) is 54.6 Å². The predicted octanol–water partition coefficient (Wildman–Crippen LogP) is 4.72. The smallest absolute Gasteiger partial charge is 0.0494 e. The molecular formula is C23H15F2IrN5-2. The molecule has 0 saturated carbocycles. The van der Waals surface area contributed by atoms with Crippen molar-refractivity contribution in [3.05, 3.63) is 109 Å². The van der Waals surface area contributed by atoms with Crippen LogP contribution in [0.3, 0.4) is 0 Å². The van der Waals surface area contributed by atoms with Gasteiger partial charge in [-0.05, 0) is 35.5 Å². The standard InChI is InChI=1S/C14H10N3.C9H5F2N2.Ir/c1-2-6-11(7-3-1)13-10-14(17-16-13)12-8-4-5-9-15-12;10-7-2-3-9(8(11)6-7)13-5-1-4-12-13;/h1-10H;1-2,4-6H;/q2*-1;. The first-order valence-corrected chi connectivity index (χ1v) is 9.05. The Bertz CT molecular complexity index is 1160. The van der Waals surface area contributed by atoms with Gasteiger partial charge < -0.3 is 10.2 Å². The first-order chi connectivity index (χ1) is 14.7. The average Bonchev–Trinajstić information content (AvgIpc) is 3.48. The van der Waals surface area contributed by atoms with Crippen LogP contribution in [-0.2, 0) is 20.1 Å². The molecule has 5 aromatic rings. The Balaban J connectivity index is 0.000000176. The maximum Gasteiger partial charge on any atom is 0.0494 e. The molecule has 0 saturated heterocycles. The minimum Gasteiger partial charge on any atom is -0.573 e. The van der Waals surface area contributed by atoms with E-state index in [4.69, 9.17) is 0 Å². The van der Waals surface area contributed by atoms with Crippen molar-refractivity contribution in [3.63, 3.8) is 0 Å². The Morgan fingerprint density at radius 1 is 0.871 bits per heavy atom. The van der Waals surface area contributed by atoms with Gasteiger partial charge in [-0.2, -0.15) is 11.2 Å². The maximum absolute atomic E-state index is 13.1. The van der Waals surface area contributed by atoms with Gasteiger partial charge in [0.1, 0.15) is 0 Å². The second-order valence-corrected chi connectivity index (χ2v) is 6.16. The molecule has 0 aliphatic carbocycles. The largest absolute Gasteiger partial charge is 0.573 e. The number of hydrogen-bond acceptors (Lipinski definition) is 3. The summed E-state index contributed by atoms with van der Waals surface area (Å²) in [6.07, 6.45) is 4.83. The van der Waals surface area contributed by atoms with Crippen molar-refractivity contribution in [2.75, 3.05) is 0 Å². The fourth-order valence-electron chi connectivity index (χ4n) is 2.70. The van der Waals surface area contributed by atoms with Crippen molar-refractivity contribution in [2.24, 2.45) is 0 Å². The van der Waals surface area contributed by atoms with Crippen molar-refractivity contribution in [1.82, 2.24) is 25.0 Å². The van der Waals surface area contributed by atoms with Crippen LogP contribution in [0.25, 0.3) is 28.3 Å². The fourth-order valence-corrected chi connectivity index (χ4v) is 2.70. The zero-order valence-electron chi connectivity index (χ0n) is 16.0. The predicted molar refractivity (Wildman–Crippen MR) is 109 cm³/mol. The number of hydrogen-bond donors (Lipinski definition) is 0. The van der Waals surface area contributed by atoms with E-state index in [-0.39, 0.29) is 25.8 Å². The van der Waals surface area contributed by atoms with Gasteiger partial charge in [0.2, 0.25) is 0 Å². The van der Waals surface area contributed by atoms with Gasteiger partial charge in [-0.3, -0.25) is 18.4 Å². The first kappa shape index (κ1) is 22.2. The summed E-state index contributed by atoms with van der Waals surface area (Å²) in [6, 6.07) is 23.7. The molecule has 0 aliphatic heterocycles. The Labute approximate surface area is 191 Å². The molecule has 0 bridgehead atoms. The van der Waals surface area contributed by atoms with Crippen molar-refractivity contribution in [1.29, 1.82) is 0 Å². The molecule has 3 aromatic heterocycles. The molecule has 0 amide bonds. The van der Waals surface area contributed by atoms with Crippen LogP contribution in [0.2, 0.25) is 0 Å². The van der Waals surface area contributed by atoms with Crippen molar-refractivity contribution >= 4 is 0 Å². The van der Waals surface area contributed by atoms with Crippen LogP contribution in [0.5, 0.6) is 0 Å². The summed E-state index contributed by atoms with van der Waals surface area (Å²) in [6.45, 7) is 0. The molecule has 0 fully saturated rings. The van der Waals surface area contributed by atoms with Gasteiger partial charge in [-0.15, -0.1) is 12.1 Å². The molecule has 0 atom stereocenters. The van der Waals surface area contributed by atoms with Crippen LogP contribution in [0.4, 0.5) is 8.78 Å². The molecule has 31 heavy (non-hydrogen) atoms.